The van der Waals surface area contributed by atoms with Crippen LogP contribution in [0.1, 0.15) is 42.7 Å². The van der Waals surface area contributed by atoms with E-state index in [0.717, 1.165) is 28.8 Å². The fourth-order valence-corrected chi connectivity index (χ4v) is 4.93. The SMILES string of the molecule is Cc1cc(C#Cc2cccs2)cnc1NC(=O)C1=C(Cl)CNN1C1CCN(C(=O)C(C)C)CC1. The van der Waals surface area contributed by atoms with Gasteiger partial charge < -0.3 is 10.2 Å². The number of hydrazine groups is 1. The fourth-order valence-electron chi connectivity index (χ4n) is 4.13. The van der Waals surface area contributed by atoms with Crippen LogP contribution in [0.25, 0.3) is 0 Å². The van der Waals surface area contributed by atoms with Crippen molar-refractivity contribution in [1.82, 2.24) is 20.3 Å². The number of pyridine rings is 1. The number of likely N-dealkylation sites (tertiary alicyclic amines) is 1. The number of aryl methyl sites for hydroxylation is 1. The number of carbonyl (C=O) groups excluding carboxylic acids is 2. The van der Waals surface area contributed by atoms with E-state index in [0.29, 0.717) is 36.2 Å². The maximum Gasteiger partial charge on any atom is 0.275 e. The molecule has 2 aliphatic heterocycles. The summed E-state index contributed by atoms with van der Waals surface area (Å²) in [4.78, 5) is 32.8. The Morgan fingerprint density at radius 2 is 2.06 bits per heavy atom. The summed E-state index contributed by atoms with van der Waals surface area (Å²) >= 11 is 8.03. The monoisotopic (exact) mass is 497 g/mol. The topological polar surface area (TPSA) is 77.6 Å². The number of aromatic nitrogens is 1. The van der Waals surface area contributed by atoms with Gasteiger partial charge in [0.15, 0.2) is 0 Å². The molecule has 178 valence electrons. The summed E-state index contributed by atoms with van der Waals surface area (Å²) in [5.41, 5.74) is 5.26. The molecular formula is C25H28ClN5O2S. The lowest BCUT2D eigenvalue weighted by molar-refractivity contribution is -0.136. The predicted molar refractivity (Wildman–Crippen MR) is 135 cm³/mol. The highest BCUT2D eigenvalue weighted by molar-refractivity contribution is 7.10. The quantitative estimate of drug-likeness (QED) is 0.630. The molecule has 2 amide bonds. The van der Waals surface area contributed by atoms with Crippen LogP contribution in [0, 0.1) is 24.7 Å². The molecule has 2 aromatic rings. The van der Waals surface area contributed by atoms with Gasteiger partial charge in [-0.3, -0.25) is 14.6 Å². The molecule has 2 aromatic heterocycles. The first kappa shape index (κ1) is 24.3. The zero-order chi connectivity index (χ0) is 24.2. The van der Waals surface area contributed by atoms with Gasteiger partial charge in [0, 0.05) is 36.8 Å². The molecule has 34 heavy (non-hydrogen) atoms. The van der Waals surface area contributed by atoms with Crippen molar-refractivity contribution >= 4 is 40.6 Å². The predicted octanol–water partition coefficient (Wildman–Crippen LogP) is 3.71. The number of anilines is 1. The molecule has 2 N–H and O–H groups in total. The minimum atomic E-state index is -0.302. The van der Waals surface area contributed by atoms with Crippen LogP contribution in [0.2, 0.25) is 0 Å². The van der Waals surface area contributed by atoms with Gasteiger partial charge in [-0.25, -0.2) is 10.4 Å². The van der Waals surface area contributed by atoms with Crippen molar-refractivity contribution in [1.29, 1.82) is 0 Å². The average Bonchev–Trinajstić information content (AvgIpc) is 3.48. The van der Waals surface area contributed by atoms with Crippen LogP contribution in [-0.4, -0.2) is 52.4 Å². The number of halogens is 1. The van der Waals surface area contributed by atoms with Crippen LogP contribution in [0.3, 0.4) is 0 Å². The van der Waals surface area contributed by atoms with Crippen molar-refractivity contribution in [3.8, 4) is 11.8 Å². The highest BCUT2D eigenvalue weighted by Crippen LogP contribution is 2.28. The normalized spacial score (nSPS) is 16.6. The molecule has 1 fully saturated rings. The van der Waals surface area contributed by atoms with Gasteiger partial charge in [-0.05, 0) is 42.8 Å². The van der Waals surface area contributed by atoms with E-state index in [1.54, 1.807) is 17.5 Å². The van der Waals surface area contributed by atoms with Gasteiger partial charge in [-0.2, -0.15) is 0 Å². The Morgan fingerprint density at radius 3 is 2.71 bits per heavy atom. The van der Waals surface area contributed by atoms with Gasteiger partial charge in [0.05, 0.1) is 16.5 Å². The van der Waals surface area contributed by atoms with E-state index >= 15 is 0 Å². The largest absolute Gasteiger partial charge is 0.342 e. The van der Waals surface area contributed by atoms with E-state index in [2.05, 4.69) is 27.6 Å². The molecule has 0 saturated carbocycles. The van der Waals surface area contributed by atoms with E-state index in [1.807, 2.05) is 54.3 Å². The molecular weight excluding hydrogens is 470 g/mol. The maximum absolute atomic E-state index is 13.2. The summed E-state index contributed by atoms with van der Waals surface area (Å²) in [6, 6.07) is 5.92. The van der Waals surface area contributed by atoms with Crippen molar-refractivity contribution in [3.05, 3.63) is 56.5 Å². The van der Waals surface area contributed by atoms with Gasteiger partial charge in [-0.1, -0.05) is 43.4 Å². The lowest BCUT2D eigenvalue weighted by Gasteiger charge is -2.38. The fraction of sp³-hybridized carbons (Fsp3) is 0.400. The molecule has 4 heterocycles. The highest BCUT2D eigenvalue weighted by Gasteiger charge is 2.35. The Hall–Kier alpha value is -2.86. The number of nitrogens with one attached hydrogen (secondary N) is 2. The van der Waals surface area contributed by atoms with Crippen LogP contribution in [0.4, 0.5) is 5.82 Å². The minimum absolute atomic E-state index is 0.0130. The molecule has 0 unspecified atom stereocenters. The van der Waals surface area contributed by atoms with Gasteiger partial charge in [0.1, 0.15) is 11.5 Å². The van der Waals surface area contributed by atoms with Crippen LogP contribution >= 0.6 is 22.9 Å². The first-order chi connectivity index (χ1) is 16.3. The first-order valence-electron chi connectivity index (χ1n) is 11.4. The standard InChI is InChI=1S/C25H28ClN5O2S/c1-16(2)25(33)30-10-8-19(9-11-30)31-22(21(26)15-28-31)24(32)29-23-17(3)13-18(14-27-23)6-7-20-5-4-12-34-20/h4-5,12-14,16,19,28H,8-11,15H2,1-3H3,(H,27,29,32). The summed E-state index contributed by atoms with van der Waals surface area (Å²) in [6.45, 7) is 7.46. The second-order valence-electron chi connectivity index (χ2n) is 8.74. The van der Waals surface area contributed by atoms with Crippen LogP contribution in [0.15, 0.2) is 40.5 Å². The summed E-state index contributed by atoms with van der Waals surface area (Å²) in [5, 5.41) is 7.23. The molecule has 4 rings (SSSR count). The number of thiophene rings is 1. The number of rotatable bonds is 4. The third-order valence-electron chi connectivity index (χ3n) is 5.91. The van der Waals surface area contributed by atoms with Crippen LogP contribution in [0.5, 0.6) is 0 Å². The van der Waals surface area contributed by atoms with Gasteiger partial charge in [0.2, 0.25) is 5.91 Å². The van der Waals surface area contributed by atoms with Gasteiger partial charge in [-0.15, -0.1) is 11.3 Å². The summed E-state index contributed by atoms with van der Waals surface area (Å²) in [7, 11) is 0. The Labute approximate surface area is 209 Å². The molecule has 0 bridgehead atoms. The third-order valence-corrected chi connectivity index (χ3v) is 7.01. The lowest BCUT2D eigenvalue weighted by Crippen LogP contribution is -2.51. The van der Waals surface area contributed by atoms with Crippen molar-refractivity contribution in [2.75, 3.05) is 25.0 Å². The number of carbonyl (C=O) groups is 2. The second kappa shape index (κ2) is 10.6. The van der Waals surface area contributed by atoms with Crippen molar-refractivity contribution in [2.45, 2.75) is 39.7 Å². The van der Waals surface area contributed by atoms with Crippen molar-refractivity contribution in [3.63, 3.8) is 0 Å². The molecule has 0 spiro atoms. The molecule has 0 atom stereocenters. The van der Waals surface area contributed by atoms with E-state index in [1.165, 1.54) is 0 Å². The molecule has 2 aliphatic rings. The Balaban J connectivity index is 1.42. The zero-order valence-corrected chi connectivity index (χ0v) is 21.1. The number of hydrogen-bond acceptors (Lipinski definition) is 6. The molecule has 1 saturated heterocycles. The van der Waals surface area contributed by atoms with Crippen LogP contribution in [-0.2, 0) is 9.59 Å². The lowest BCUT2D eigenvalue weighted by atomic mass is 10.0. The minimum Gasteiger partial charge on any atom is -0.342 e. The Kier molecular flexibility index (Phi) is 7.57. The summed E-state index contributed by atoms with van der Waals surface area (Å²) in [5.74, 6) is 6.56. The molecule has 0 radical (unpaired) electrons. The number of hydrogen-bond donors (Lipinski definition) is 2. The van der Waals surface area contributed by atoms with Gasteiger partial charge in [0.25, 0.3) is 5.91 Å². The smallest absolute Gasteiger partial charge is 0.275 e. The van der Waals surface area contributed by atoms with E-state index in [-0.39, 0.29) is 23.8 Å². The Morgan fingerprint density at radius 1 is 1.29 bits per heavy atom. The van der Waals surface area contributed by atoms with Gasteiger partial charge >= 0.3 is 0 Å². The van der Waals surface area contributed by atoms with Crippen molar-refractivity contribution in [2.24, 2.45) is 5.92 Å². The van der Waals surface area contributed by atoms with E-state index in [4.69, 9.17) is 11.6 Å². The highest BCUT2D eigenvalue weighted by atomic mass is 35.5. The first-order valence-corrected chi connectivity index (χ1v) is 12.6. The number of nitrogens with zero attached hydrogens (tertiary/aromatic N) is 3. The Bertz CT molecular complexity index is 1160. The van der Waals surface area contributed by atoms with E-state index in [9.17, 15) is 9.59 Å². The molecule has 9 heteroatoms. The molecule has 7 nitrogen and oxygen atoms in total. The number of amides is 2. The van der Waals surface area contributed by atoms with Crippen molar-refractivity contribution < 1.29 is 9.59 Å². The second-order valence-corrected chi connectivity index (χ2v) is 10.1. The number of piperidine rings is 1. The third kappa shape index (κ3) is 5.44. The molecule has 0 aromatic carbocycles. The molecule has 0 aliphatic carbocycles. The average molecular weight is 498 g/mol. The summed E-state index contributed by atoms with van der Waals surface area (Å²) < 4.78 is 0. The maximum atomic E-state index is 13.2. The van der Waals surface area contributed by atoms with Crippen LogP contribution < -0.4 is 10.7 Å². The van der Waals surface area contributed by atoms with E-state index < -0.39 is 0 Å². The zero-order valence-electron chi connectivity index (χ0n) is 19.5. The summed E-state index contributed by atoms with van der Waals surface area (Å²) in [6.07, 6.45) is 3.19.